The molecule has 2 aliphatic carbocycles. The second kappa shape index (κ2) is 3.69. The second-order valence-corrected chi connectivity index (χ2v) is 6.35. The van der Waals surface area contributed by atoms with Crippen molar-refractivity contribution in [1.29, 1.82) is 0 Å². The van der Waals surface area contributed by atoms with Crippen LogP contribution in [0.2, 0.25) is 0 Å². The van der Waals surface area contributed by atoms with Crippen LogP contribution in [-0.4, -0.2) is 15.9 Å². The third kappa shape index (κ3) is 1.95. The maximum atomic E-state index is 4.56. The van der Waals surface area contributed by atoms with E-state index in [-0.39, 0.29) is 0 Å². The van der Waals surface area contributed by atoms with Crippen LogP contribution in [0.1, 0.15) is 51.3 Å². The van der Waals surface area contributed by atoms with E-state index in [4.69, 9.17) is 0 Å². The van der Waals surface area contributed by atoms with Crippen LogP contribution >= 0.6 is 11.5 Å². The van der Waals surface area contributed by atoms with Crippen LogP contribution in [-0.2, 0) is 0 Å². The lowest BCUT2D eigenvalue weighted by atomic mass is 9.92. The van der Waals surface area contributed by atoms with Crippen LogP contribution in [0.4, 0.5) is 5.13 Å². The van der Waals surface area contributed by atoms with Crippen LogP contribution in [0.5, 0.6) is 0 Å². The summed E-state index contributed by atoms with van der Waals surface area (Å²) in [7, 11) is 0. The highest BCUT2D eigenvalue weighted by Crippen LogP contribution is 2.51. The first-order valence-electron chi connectivity index (χ1n) is 6.27. The van der Waals surface area contributed by atoms with Crippen molar-refractivity contribution in [2.45, 2.75) is 45.4 Å². The predicted molar refractivity (Wildman–Crippen MR) is 66.9 cm³/mol. The molecule has 16 heavy (non-hydrogen) atoms. The van der Waals surface area contributed by atoms with Crippen molar-refractivity contribution in [1.82, 2.24) is 9.36 Å². The summed E-state index contributed by atoms with van der Waals surface area (Å²) in [4.78, 5) is 4.56. The Morgan fingerprint density at radius 2 is 2.19 bits per heavy atom. The summed E-state index contributed by atoms with van der Waals surface area (Å²) >= 11 is 1.53. The molecule has 88 valence electrons. The van der Waals surface area contributed by atoms with Crippen molar-refractivity contribution in [2.24, 2.45) is 11.3 Å². The van der Waals surface area contributed by atoms with E-state index in [9.17, 15) is 0 Å². The van der Waals surface area contributed by atoms with Gasteiger partial charge in [0.25, 0.3) is 0 Å². The lowest BCUT2D eigenvalue weighted by Gasteiger charge is -2.19. The fourth-order valence-corrected chi connectivity index (χ4v) is 2.83. The monoisotopic (exact) mass is 237 g/mol. The zero-order valence-electron chi connectivity index (χ0n) is 9.99. The molecule has 0 radical (unpaired) electrons. The van der Waals surface area contributed by atoms with E-state index in [1.165, 1.54) is 37.2 Å². The van der Waals surface area contributed by atoms with Gasteiger partial charge in [-0.1, -0.05) is 13.8 Å². The number of hydrogen-bond acceptors (Lipinski definition) is 4. The van der Waals surface area contributed by atoms with E-state index in [1.54, 1.807) is 0 Å². The topological polar surface area (TPSA) is 37.8 Å². The Labute approximate surface area is 101 Å². The van der Waals surface area contributed by atoms with Crippen LogP contribution in [0, 0.1) is 11.3 Å². The van der Waals surface area contributed by atoms with Gasteiger partial charge < -0.3 is 5.32 Å². The van der Waals surface area contributed by atoms with Crippen molar-refractivity contribution in [3.05, 3.63) is 5.82 Å². The maximum absolute atomic E-state index is 4.56. The fourth-order valence-electron chi connectivity index (χ4n) is 2.18. The average molecular weight is 237 g/mol. The first-order chi connectivity index (χ1) is 7.70. The highest BCUT2D eigenvalue weighted by atomic mass is 32.1. The molecule has 1 aromatic rings. The van der Waals surface area contributed by atoms with Crippen LogP contribution in [0.3, 0.4) is 0 Å². The van der Waals surface area contributed by atoms with E-state index < -0.39 is 0 Å². The first-order valence-corrected chi connectivity index (χ1v) is 7.04. The minimum absolute atomic E-state index is 0.547. The Hall–Kier alpha value is -0.640. The van der Waals surface area contributed by atoms with E-state index in [0.29, 0.717) is 11.3 Å². The molecule has 0 spiro atoms. The van der Waals surface area contributed by atoms with Gasteiger partial charge in [0.2, 0.25) is 5.13 Å². The molecule has 0 amide bonds. The molecule has 2 aliphatic rings. The summed E-state index contributed by atoms with van der Waals surface area (Å²) < 4.78 is 4.41. The maximum Gasteiger partial charge on any atom is 0.202 e. The van der Waals surface area contributed by atoms with E-state index in [1.807, 2.05) is 0 Å². The molecule has 0 aliphatic heterocycles. The smallest absolute Gasteiger partial charge is 0.202 e. The van der Waals surface area contributed by atoms with Crippen LogP contribution in [0.15, 0.2) is 0 Å². The normalized spacial score (nSPS) is 22.4. The Morgan fingerprint density at radius 1 is 1.44 bits per heavy atom. The number of nitrogens with one attached hydrogen (secondary N) is 1. The Bertz CT molecular complexity index is 377. The molecule has 0 bridgehead atoms. The Morgan fingerprint density at radius 3 is 2.75 bits per heavy atom. The summed E-state index contributed by atoms with van der Waals surface area (Å²) in [6.07, 6.45) is 5.30. The lowest BCUT2D eigenvalue weighted by molar-refractivity contribution is 0.380. The van der Waals surface area contributed by atoms with Gasteiger partial charge in [-0.3, -0.25) is 0 Å². The van der Waals surface area contributed by atoms with Gasteiger partial charge in [0.15, 0.2) is 0 Å². The summed E-state index contributed by atoms with van der Waals surface area (Å²) in [5.74, 6) is 2.52. The van der Waals surface area contributed by atoms with Gasteiger partial charge >= 0.3 is 0 Å². The molecule has 0 atom stereocenters. The summed E-state index contributed by atoms with van der Waals surface area (Å²) in [5, 5.41) is 4.50. The van der Waals surface area contributed by atoms with Crippen molar-refractivity contribution in [3.8, 4) is 0 Å². The van der Waals surface area contributed by atoms with Gasteiger partial charge in [-0.25, -0.2) is 4.98 Å². The van der Waals surface area contributed by atoms with Gasteiger partial charge in [-0.2, -0.15) is 4.37 Å². The number of rotatable bonds is 5. The number of anilines is 1. The number of aromatic nitrogens is 2. The van der Waals surface area contributed by atoms with Crippen LogP contribution < -0.4 is 5.32 Å². The number of hydrogen-bond donors (Lipinski definition) is 1. The molecule has 0 unspecified atom stereocenters. The SMILES string of the molecule is CC(C)C1(CNc2nc(C3CC3)ns2)CC1. The second-order valence-electron chi connectivity index (χ2n) is 5.60. The molecule has 3 rings (SSSR count). The molecular formula is C12H19N3S. The van der Waals surface area contributed by atoms with Crippen molar-refractivity contribution >= 4 is 16.7 Å². The van der Waals surface area contributed by atoms with Crippen molar-refractivity contribution in [2.75, 3.05) is 11.9 Å². The first kappa shape index (κ1) is 10.5. The van der Waals surface area contributed by atoms with E-state index in [2.05, 4.69) is 28.5 Å². The Balaban J connectivity index is 1.57. The predicted octanol–water partition coefficient (Wildman–Crippen LogP) is 3.26. The summed E-state index contributed by atoms with van der Waals surface area (Å²) in [5.41, 5.74) is 0.547. The van der Waals surface area contributed by atoms with Crippen molar-refractivity contribution in [3.63, 3.8) is 0 Å². The largest absolute Gasteiger partial charge is 0.360 e. The van der Waals surface area contributed by atoms with E-state index in [0.717, 1.165) is 23.4 Å². The highest BCUT2D eigenvalue weighted by molar-refractivity contribution is 7.09. The highest BCUT2D eigenvalue weighted by Gasteiger charge is 2.45. The molecule has 1 N–H and O–H groups in total. The van der Waals surface area contributed by atoms with Crippen LogP contribution in [0.25, 0.3) is 0 Å². The van der Waals surface area contributed by atoms with Gasteiger partial charge in [0, 0.05) is 24.0 Å². The van der Waals surface area contributed by atoms with Gasteiger partial charge in [-0.05, 0) is 37.0 Å². The summed E-state index contributed by atoms with van der Waals surface area (Å²) in [6.45, 7) is 5.72. The third-order valence-corrected chi connectivity index (χ3v) is 4.78. The number of nitrogens with zero attached hydrogens (tertiary/aromatic N) is 2. The van der Waals surface area contributed by atoms with Gasteiger partial charge in [0.05, 0.1) is 0 Å². The Kier molecular flexibility index (Phi) is 2.42. The lowest BCUT2D eigenvalue weighted by Crippen LogP contribution is -2.20. The standard InChI is InChI=1S/C12H19N3S/c1-8(2)12(5-6-12)7-13-11-14-10(15-16-11)9-3-4-9/h8-9H,3-7H2,1-2H3,(H,13,14,15). The molecule has 1 aromatic heterocycles. The molecule has 1 heterocycles. The van der Waals surface area contributed by atoms with Gasteiger partial charge in [-0.15, -0.1) is 0 Å². The zero-order valence-corrected chi connectivity index (χ0v) is 10.8. The zero-order chi connectivity index (χ0) is 11.2. The molecular weight excluding hydrogens is 218 g/mol. The van der Waals surface area contributed by atoms with E-state index >= 15 is 0 Å². The minimum Gasteiger partial charge on any atom is -0.360 e. The molecule has 0 aromatic carbocycles. The molecule has 2 fully saturated rings. The molecule has 2 saturated carbocycles. The molecule has 0 saturated heterocycles. The average Bonchev–Trinajstić information content (AvgIpc) is 3.16. The third-order valence-electron chi connectivity index (χ3n) is 4.09. The summed E-state index contributed by atoms with van der Waals surface area (Å²) in [6, 6.07) is 0. The molecule has 3 nitrogen and oxygen atoms in total. The van der Waals surface area contributed by atoms with Gasteiger partial charge in [0.1, 0.15) is 5.82 Å². The van der Waals surface area contributed by atoms with Crippen molar-refractivity contribution < 1.29 is 0 Å². The fraction of sp³-hybridized carbons (Fsp3) is 0.833. The quantitative estimate of drug-likeness (QED) is 0.854. The molecule has 4 heteroatoms. The minimum atomic E-state index is 0.547.